The SMILES string of the molecule is C=CC(=O)Oc1c(C#N)n(-c2ccc(OC)cc2)c2ccccc12. The van der Waals surface area contributed by atoms with Crippen LogP contribution in [0.4, 0.5) is 0 Å². The van der Waals surface area contributed by atoms with Gasteiger partial charge in [0.2, 0.25) is 0 Å². The second-order valence-electron chi connectivity index (χ2n) is 4.97. The average molecular weight is 318 g/mol. The number of aromatic nitrogens is 1. The fourth-order valence-electron chi connectivity index (χ4n) is 2.56. The quantitative estimate of drug-likeness (QED) is 0.544. The number of carbonyl (C=O) groups is 1. The fraction of sp³-hybridized carbons (Fsp3) is 0.0526. The zero-order chi connectivity index (χ0) is 17.1. The van der Waals surface area contributed by atoms with E-state index in [9.17, 15) is 10.1 Å². The van der Waals surface area contributed by atoms with Crippen molar-refractivity contribution < 1.29 is 14.3 Å². The molecule has 1 heterocycles. The van der Waals surface area contributed by atoms with Crippen molar-refractivity contribution in [2.45, 2.75) is 0 Å². The predicted octanol–water partition coefficient (Wildman–Crippen LogP) is 3.60. The second-order valence-corrected chi connectivity index (χ2v) is 4.97. The number of methoxy groups -OCH3 is 1. The van der Waals surface area contributed by atoms with Crippen LogP contribution in [0.25, 0.3) is 16.6 Å². The van der Waals surface area contributed by atoms with E-state index in [1.54, 1.807) is 23.8 Å². The summed E-state index contributed by atoms with van der Waals surface area (Å²) in [5.74, 6) is 0.338. The summed E-state index contributed by atoms with van der Waals surface area (Å²) < 4.78 is 12.2. The lowest BCUT2D eigenvalue weighted by molar-refractivity contribution is -0.128. The van der Waals surface area contributed by atoms with Crippen molar-refractivity contribution in [3.63, 3.8) is 0 Å². The summed E-state index contributed by atoms with van der Waals surface area (Å²) >= 11 is 0. The Morgan fingerprint density at radius 3 is 2.54 bits per heavy atom. The summed E-state index contributed by atoms with van der Waals surface area (Å²) in [6.07, 6.45) is 1.07. The zero-order valence-corrected chi connectivity index (χ0v) is 13.0. The number of benzene rings is 2. The third kappa shape index (κ3) is 2.50. The number of hydrogen-bond acceptors (Lipinski definition) is 4. The number of hydrogen-bond donors (Lipinski definition) is 0. The van der Waals surface area contributed by atoms with Crippen LogP contribution in [0.3, 0.4) is 0 Å². The molecule has 0 unspecified atom stereocenters. The summed E-state index contributed by atoms with van der Waals surface area (Å²) in [5, 5.41) is 10.3. The number of nitriles is 1. The lowest BCUT2D eigenvalue weighted by Gasteiger charge is -2.08. The number of fused-ring (bicyclic) bond motifs is 1. The molecule has 0 fully saturated rings. The van der Waals surface area contributed by atoms with E-state index < -0.39 is 5.97 Å². The molecule has 0 N–H and O–H groups in total. The van der Waals surface area contributed by atoms with Gasteiger partial charge in [0, 0.05) is 17.1 Å². The summed E-state index contributed by atoms with van der Waals surface area (Å²) in [7, 11) is 1.59. The first-order chi connectivity index (χ1) is 11.7. The molecule has 1 aromatic heterocycles. The zero-order valence-electron chi connectivity index (χ0n) is 13.0. The van der Waals surface area contributed by atoms with Crippen LogP contribution < -0.4 is 9.47 Å². The van der Waals surface area contributed by atoms with Crippen LogP contribution in [0.5, 0.6) is 11.5 Å². The van der Waals surface area contributed by atoms with Gasteiger partial charge >= 0.3 is 5.97 Å². The van der Waals surface area contributed by atoms with Crippen molar-refractivity contribution in [2.75, 3.05) is 7.11 Å². The topological polar surface area (TPSA) is 64.2 Å². The summed E-state index contributed by atoms with van der Waals surface area (Å²) in [4.78, 5) is 11.6. The lowest BCUT2D eigenvalue weighted by Crippen LogP contribution is -2.05. The largest absolute Gasteiger partial charge is 0.497 e. The number of para-hydroxylation sites is 1. The van der Waals surface area contributed by atoms with Gasteiger partial charge in [0.05, 0.1) is 12.6 Å². The highest BCUT2D eigenvalue weighted by Crippen LogP contribution is 2.35. The van der Waals surface area contributed by atoms with E-state index in [2.05, 4.69) is 12.6 Å². The van der Waals surface area contributed by atoms with Crippen LogP contribution in [0.2, 0.25) is 0 Å². The van der Waals surface area contributed by atoms with Crippen LogP contribution in [0.1, 0.15) is 5.69 Å². The Hall–Kier alpha value is -3.52. The molecule has 24 heavy (non-hydrogen) atoms. The highest BCUT2D eigenvalue weighted by molar-refractivity contribution is 5.95. The standard InChI is InChI=1S/C19H14N2O3/c1-3-18(22)24-19-15-6-4-5-7-16(15)21(17(19)12-20)13-8-10-14(23-2)11-9-13/h3-11H,1H2,2H3. The van der Waals surface area contributed by atoms with E-state index in [1.165, 1.54) is 0 Å². The molecular formula is C19H14N2O3. The molecule has 5 nitrogen and oxygen atoms in total. The number of carbonyl (C=O) groups excluding carboxylic acids is 1. The first-order valence-electron chi connectivity index (χ1n) is 7.21. The average Bonchev–Trinajstić information content (AvgIpc) is 2.95. The first-order valence-corrected chi connectivity index (χ1v) is 7.21. The molecule has 0 aliphatic heterocycles. The van der Waals surface area contributed by atoms with Gasteiger partial charge in [-0.2, -0.15) is 5.26 Å². The van der Waals surface area contributed by atoms with Crippen molar-refractivity contribution in [3.05, 3.63) is 66.9 Å². The van der Waals surface area contributed by atoms with Crippen LogP contribution >= 0.6 is 0 Å². The Morgan fingerprint density at radius 1 is 1.21 bits per heavy atom. The molecule has 0 bridgehead atoms. The molecule has 118 valence electrons. The molecule has 0 aliphatic carbocycles. The minimum absolute atomic E-state index is 0.230. The smallest absolute Gasteiger partial charge is 0.335 e. The maximum atomic E-state index is 11.6. The maximum absolute atomic E-state index is 11.6. The minimum Gasteiger partial charge on any atom is -0.497 e. The number of nitrogens with zero attached hydrogens (tertiary/aromatic N) is 2. The molecule has 5 heteroatoms. The van der Waals surface area contributed by atoms with E-state index in [0.717, 1.165) is 17.3 Å². The molecule has 3 aromatic rings. The lowest BCUT2D eigenvalue weighted by atomic mass is 10.2. The van der Waals surface area contributed by atoms with E-state index in [4.69, 9.17) is 9.47 Å². The molecule has 0 saturated carbocycles. The molecule has 0 atom stereocenters. The van der Waals surface area contributed by atoms with Crippen LogP contribution in [-0.2, 0) is 4.79 Å². The Morgan fingerprint density at radius 2 is 1.92 bits per heavy atom. The van der Waals surface area contributed by atoms with Gasteiger partial charge in [-0.3, -0.25) is 4.57 Å². The summed E-state index contributed by atoms with van der Waals surface area (Å²) in [6.45, 7) is 3.40. The van der Waals surface area contributed by atoms with Crippen LogP contribution in [-0.4, -0.2) is 17.6 Å². The monoisotopic (exact) mass is 318 g/mol. The van der Waals surface area contributed by atoms with Crippen molar-refractivity contribution in [2.24, 2.45) is 0 Å². The normalized spacial score (nSPS) is 10.2. The van der Waals surface area contributed by atoms with Gasteiger partial charge in [0.15, 0.2) is 11.4 Å². The molecule has 0 radical (unpaired) electrons. The molecule has 3 rings (SSSR count). The van der Waals surface area contributed by atoms with Crippen molar-refractivity contribution in [1.29, 1.82) is 5.26 Å². The molecule has 2 aromatic carbocycles. The van der Waals surface area contributed by atoms with E-state index in [-0.39, 0.29) is 11.4 Å². The van der Waals surface area contributed by atoms with Crippen molar-refractivity contribution >= 4 is 16.9 Å². The highest BCUT2D eigenvalue weighted by atomic mass is 16.5. The van der Waals surface area contributed by atoms with Crippen LogP contribution in [0, 0.1) is 11.3 Å². The molecular weight excluding hydrogens is 304 g/mol. The number of esters is 1. The first kappa shape index (κ1) is 15.4. The molecule has 0 amide bonds. The predicted molar refractivity (Wildman–Crippen MR) is 90.4 cm³/mol. The van der Waals surface area contributed by atoms with E-state index in [1.807, 2.05) is 36.4 Å². The Balaban J connectivity index is 2.28. The Kier molecular flexibility index (Phi) is 4.04. The molecule has 0 saturated heterocycles. The van der Waals surface area contributed by atoms with Gasteiger partial charge in [0.25, 0.3) is 0 Å². The van der Waals surface area contributed by atoms with Crippen molar-refractivity contribution in [3.8, 4) is 23.3 Å². The summed E-state index contributed by atoms with van der Waals surface area (Å²) in [6, 6.07) is 16.8. The van der Waals surface area contributed by atoms with E-state index >= 15 is 0 Å². The minimum atomic E-state index is -0.607. The van der Waals surface area contributed by atoms with Gasteiger partial charge < -0.3 is 9.47 Å². The third-order valence-corrected chi connectivity index (χ3v) is 3.63. The van der Waals surface area contributed by atoms with Crippen LogP contribution in [0.15, 0.2) is 61.2 Å². The van der Waals surface area contributed by atoms with Gasteiger partial charge in [-0.05, 0) is 36.4 Å². The maximum Gasteiger partial charge on any atom is 0.335 e. The van der Waals surface area contributed by atoms with Gasteiger partial charge in [-0.1, -0.05) is 18.7 Å². The fourth-order valence-corrected chi connectivity index (χ4v) is 2.56. The molecule has 0 aliphatic rings. The second kappa shape index (κ2) is 6.31. The molecule has 0 spiro atoms. The van der Waals surface area contributed by atoms with Gasteiger partial charge in [-0.25, -0.2) is 4.79 Å². The third-order valence-electron chi connectivity index (χ3n) is 3.63. The summed E-state index contributed by atoms with van der Waals surface area (Å²) in [5.41, 5.74) is 1.78. The number of rotatable bonds is 4. The Bertz CT molecular complexity index is 963. The van der Waals surface area contributed by atoms with Crippen molar-refractivity contribution in [1.82, 2.24) is 4.57 Å². The van der Waals surface area contributed by atoms with Gasteiger partial charge in [0.1, 0.15) is 11.8 Å². The highest BCUT2D eigenvalue weighted by Gasteiger charge is 2.21. The number of ether oxygens (including phenoxy) is 2. The van der Waals surface area contributed by atoms with Gasteiger partial charge in [-0.15, -0.1) is 0 Å². The van der Waals surface area contributed by atoms with E-state index in [0.29, 0.717) is 11.1 Å². The Labute approximate surface area is 139 Å².